The average Bonchev–Trinajstić information content (AvgIpc) is 3.23. The zero-order valence-corrected chi connectivity index (χ0v) is 40.3. The van der Waals surface area contributed by atoms with E-state index in [1.165, 1.54) is 103 Å². The number of hydrogen-bond donors (Lipinski definition) is 1. The van der Waals surface area contributed by atoms with E-state index in [0.29, 0.717) is 19.3 Å². The maximum Gasteiger partial charge on any atom is 0.362 e. The number of nitrogens with zero attached hydrogens (tertiary/aromatic N) is 1. The molecule has 8 nitrogen and oxygen atoms in total. The molecular formula is C54H92NO7+. The summed E-state index contributed by atoms with van der Waals surface area (Å²) in [4.78, 5) is 37.1. The fraction of sp³-hybridized carbons (Fsp3) is 0.685. The Labute approximate surface area is 380 Å². The Hall–Kier alpha value is -3.49. The van der Waals surface area contributed by atoms with Crippen LogP contribution in [0.4, 0.5) is 0 Å². The molecule has 62 heavy (non-hydrogen) atoms. The van der Waals surface area contributed by atoms with Gasteiger partial charge in [0.1, 0.15) is 6.61 Å². The highest BCUT2D eigenvalue weighted by Crippen LogP contribution is 2.14. The quantitative estimate of drug-likeness (QED) is 0.0214. The van der Waals surface area contributed by atoms with Crippen molar-refractivity contribution in [1.82, 2.24) is 0 Å². The molecular weight excluding hydrogens is 775 g/mol. The maximum atomic E-state index is 12.8. The number of allylic oxidation sites excluding steroid dienone is 14. The Kier molecular flexibility index (Phi) is 41.6. The predicted octanol–water partition coefficient (Wildman–Crippen LogP) is 14.1. The molecule has 8 heteroatoms. The summed E-state index contributed by atoms with van der Waals surface area (Å²) in [7, 11) is 5.51. The number of carboxylic acid groups (broad SMARTS) is 1. The molecule has 0 aliphatic rings. The van der Waals surface area contributed by atoms with Crippen LogP contribution in [-0.4, -0.2) is 80.6 Å². The van der Waals surface area contributed by atoms with Crippen LogP contribution in [-0.2, 0) is 28.6 Å². The summed E-state index contributed by atoms with van der Waals surface area (Å²) in [5.41, 5.74) is 0. The van der Waals surface area contributed by atoms with E-state index in [4.69, 9.17) is 14.2 Å². The molecule has 0 aliphatic heterocycles. The minimum atomic E-state index is -0.886. The van der Waals surface area contributed by atoms with Crippen molar-refractivity contribution in [3.05, 3.63) is 85.1 Å². The third-order valence-electron chi connectivity index (χ3n) is 10.7. The van der Waals surface area contributed by atoms with E-state index in [1.807, 2.05) is 81.9 Å². The Balaban J connectivity index is 4.35. The van der Waals surface area contributed by atoms with Gasteiger partial charge in [-0.2, -0.15) is 0 Å². The molecule has 0 spiro atoms. The summed E-state index contributed by atoms with van der Waals surface area (Å²) < 4.78 is 17.3. The van der Waals surface area contributed by atoms with Gasteiger partial charge in [0.15, 0.2) is 12.1 Å². The van der Waals surface area contributed by atoms with Gasteiger partial charge in [-0.1, -0.05) is 195 Å². The van der Waals surface area contributed by atoms with Crippen molar-refractivity contribution in [3.8, 4) is 0 Å². The van der Waals surface area contributed by atoms with Gasteiger partial charge in [0.25, 0.3) is 0 Å². The Bertz CT molecular complexity index is 1290. The lowest BCUT2D eigenvalue weighted by molar-refractivity contribution is -0.887. The van der Waals surface area contributed by atoms with E-state index in [1.54, 1.807) is 0 Å². The van der Waals surface area contributed by atoms with Gasteiger partial charge in [-0.25, -0.2) is 4.79 Å². The monoisotopic (exact) mass is 867 g/mol. The van der Waals surface area contributed by atoms with Gasteiger partial charge in [0, 0.05) is 19.3 Å². The van der Waals surface area contributed by atoms with Crippen LogP contribution in [0.25, 0.3) is 0 Å². The van der Waals surface area contributed by atoms with Crippen molar-refractivity contribution in [2.24, 2.45) is 0 Å². The second-order valence-corrected chi connectivity index (χ2v) is 17.5. The van der Waals surface area contributed by atoms with Gasteiger partial charge in [-0.3, -0.25) is 9.59 Å². The maximum absolute atomic E-state index is 12.8. The third-order valence-corrected chi connectivity index (χ3v) is 10.7. The van der Waals surface area contributed by atoms with Gasteiger partial charge in [-0.05, 0) is 57.8 Å². The van der Waals surface area contributed by atoms with E-state index in [-0.39, 0.29) is 42.7 Å². The first kappa shape index (κ1) is 58.5. The lowest BCUT2D eigenvalue weighted by Gasteiger charge is -2.31. The Morgan fingerprint density at radius 3 is 1.40 bits per heavy atom. The van der Waals surface area contributed by atoms with E-state index in [2.05, 4.69) is 38.2 Å². The molecule has 0 amide bonds. The number of carbonyl (C=O) groups excluding carboxylic acids is 2. The molecule has 0 aliphatic carbocycles. The van der Waals surface area contributed by atoms with E-state index in [0.717, 1.165) is 44.9 Å². The van der Waals surface area contributed by atoms with Crippen LogP contribution in [0.15, 0.2) is 85.1 Å². The van der Waals surface area contributed by atoms with Crippen LogP contribution in [0.1, 0.15) is 187 Å². The Morgan fingerprint density at radius 2 is 0.919 bits per heavy atom. The summed E-state index contributed by atoms with van der Waals surface area (Å²) >= 11 is 0. The zero-order valence-electron chi connectivity index (χ0n) is 40.3. The van der Waals surface area contributed by atoms with Gasteiger partial charge < -0.3 is 23.8 Å². The van der Waals surface area contributed by atoms with E-state index in [9.17, 15) is 19.5 Å². The van der Waals surface area contributed by atoms with E-state index < -0.39 is 18.1 Å². The van der Waals surface area contributed by atoms with Crippen molar-refractivity contribution < 1.29 is 38.2 Å². The number of esters is 2. The summed E-state index contributed by atoms with van der Waals surface area (Å²) in [5, 5.41) is 9.64. The molecule has 0 saturated carbocycles. The summed E-state index contributed by atoms with van der Waals surface area (Å²) in [6, 6.07) is -0.629. The molecule has 0 heterocycles. The molecule has 354 valence electrons. The average molecular weight is 867 g/mol. The van der Waals surface area contributed by atoms with Crippen LogP contribution in [0.5, 0.6) is 0 Å². The predicted molar refractivity (Wildman–Crippen MR) is 261 cm³/mol. The fourth-order valence-corrected chi connectivity index (χ4v) is 6.88. The third kappa shape index (κ3) is 41.8. The topological polar surface area (TPSA) is 99.1 Å². The first-order valence-corrected chi connectivity index (χ1v) is 24.7. The normalized spacial score (nSPS) is 13.6. The molecule has 0 rings (SSSR count). The highest BCUT2D eigenvalue weighted by Gasteiger charge is 2.31. The number of hydrogen-bond acceptors (Lipinski definition) is 6. The van der Waals surface area contributed by atoms with Crippen LogP contribution in [0.3, 0.4) is 0 Å². The van der Waals surface area contributed by atoms with Crippen LogP contribution in [0, 0.1) is 0 Å². The number of unbranched alkanes of at least 4 members (excludes halogenated alkanes) is 20. The van der Waals surface area contributed by atoms with Crippen LogP contribution >= 0.6 is 0 Å². The molecule has 0 aromatic heterocycles. The molecule has 2 unspecified atom stereocenters. The molecule has 0 fully saturated rings. The van der Waals surface area contributed by atoms with Gasteiger partial charge in [0.2, 0.25) is 0 Å². The first-order valence-electron chi connectivity index (χ1n) is 24.7. The van der Waals surface area contributed by atoms with Crippen molar-refractivity contribution in [3.63, 3.8) is 0 Å². The second kappa shape index (κ2) is 44.1. The molecule has 2 atom stereocenters. The standard InChI is InChI=1S/C54H91NO7/c1-6-8-10-12-14-16-18-20-22-24-25-26-27-29-30-32-34-36-38-40-42-44-52(56)61-49-50(48-60-47-46-51(54(58)59)55(3,4)5)62-53(57)45-43-41-39-37-35-33-31-28-23-21-19-17-15-13-11-9-7-2/h9,11,13,15,17,19,21,23,26-28,31,33,35,50-51H,6-8,10,12,14,16,18,20,22,24-25,29-30,32,34,36-49H2,1-5H3/p+1/b11-9+,15-13+,19-17+,23-21+,27-26+,31-28+,35-33+. The molecule has 0 aromatic carbocycles. The van der Waals surface area contributed by atoms with Crippen molar-refractivity contribution in [2.45, 2.75) is 199 Å². The largest absolute Gasteiger partial charge is 0.477 e. The lowest BCUT2D eigenvalue weighted by Crippen LogP contribution is -2.50. The van der Waals surface area contributed by atoms with Crippen LogP contribution in [0.2, 0.25) is 0 Å². The number of carboxylic acids is 1. The van der Waals surface area contributed by atoms with Gasteiger partial charge >= 0.3 is 17.9 Å². The van der Waals surface area contributed by atoms with Gasteiger partial charge in [0.05, 0.1) is 34.4 Å². The number of carbonyl (C=O) groups is 3. The summed E-state index contributed by atoms with van der Waals surface area (Å²) in [6.07, 6.45) is 57.8. The molecule has 1 N–H and O–H groups in total. The molecule has 0 bridgehead atoms. The van der Waals surface area contributed by atoms with Crippen molar-refractivity contribution >= 4 is 17.9 Å². The first-order chi connectivity index (χ1) is 30.1. The number of ether oxygens (including phenoxy) is 3. The lowest BCUT2D eigenvalue weighted by atomic mass is 10.1. The molecule has 0 radical (unpaired) electrons. The minimum Gasteiger partial charge on any atom is -0.477 e. The Morgan fingerprint density at radius 1 is 0.500 bits per heavy atom. The zero-order chi connectivity index (χ0) is 45.6. The number of likely N-dealkylation sites (N-methyl/N-ethyl adjacent to an activating group) is 1. The van der Waals surface area contributed by atoms with Crippen LogP contribution < -0.4 is 0 Å². The highest BCUT2D eigenvalue weighted by atomic mass is 16.6. The second-order valence-electron chi connectivity index (χ2n) is 17.5. The number of rotatable bonds is 43. The minimum absolute atomic E-state index is 0.0368. The van der Waals surface area contributed by atoms with E-state index >= 15 is 0 Å². The summed E-state index contributed by atoms with van der Waals surface area (Å²) in [5.74, 6) is -1.54. The number of aliphatic carboxylic acids is 1. The highest BCUT2D eigenvalue weighted by molar-refractivity contribution is 5.72. The van der Waals surface area contributed by atoms with Gasteiger partial charge in [-0.15, -0.1) is 0 Å². The van der Waals surface area contributed by atoms with Crippen molar-refractivity contribution in [2.75, 3.05) is 41.0 Å². The molecule has 0 saturated heterocycles. The summed E-state index contributed by atoms with van der Waals surface area (Å²) in [6.45, 7) is 4.54. The fourth-order valence-electron chi connectivity index (χ4n) is 6.88. The SMILES string of the molecule is CC/C=C/C=C/C=C/C=C/C=C/C=C/CCCCCC(=O)OC(COCCC(C(=O)O)[N+](C)(C)C)COC(=O)CCCCCCCCC/C=C/CCCCCCCCCCCC. The smallest absolute Gasteiger partial charge is 0.362 e. The van der Waals surface area contributed by atoms with Crippen molar-refractivity contribution in [1.29, 1.82) is 0 Å². The molecule has 0 aromatic rings. The number of quaternary nitrogens is 1.